The molecule has 0 aromatic rings. The molecule has 0 aromatic carbocycles. The molecule has 0 aromatic heterocycles. The van der Waals surface area contributed by atoms with Crippen molar-refractivity contribution in [3.63, 3.8) is 0 Å². The van der Waals surface area contributed by atoms with E-state index in [1.807, 2.05) is 0 Å². The fraction of sp³-hybridized carbons (Fsp3) is 0.667. The fourth-order valence-electron chi connectivity index (χ4n) is 0. The van der Waals surface area contributed by atoms with E-state index in [-0.39, 0.29) is 3.27 Å². The van der Waals surface area contributed by atoms with E-state index in [1.165, 1.54) is 0 Å². The Bertz CT molecular complexity index is 31.8. The van der Waals surface area contributed by atoms with Crippen LogP contribution in [0.25, 0.3) is 0 Å². The first kappa shape index (κ1) is 7.44. The summed E-state index contributed by atoms with van der Waals surface area (Å²) in [5, 5.41) is 0. The molecule has 0 rings (SSSR count). The van der Waals surface area contributed by atoms with Crippen LogP contribution in [0, 0.1) is 6.92 Å². The zero-order valence-corrected chi connectivity index (χ0v) is 8.63. The van der Waals surface area contributed by atoms with Crippen LogP contribution < -0.4 is 0 Å². The zero-order valence-electron chi connectivity index (χ0n) is 3.69. The van der Waals surface area contributed by atoms with Gasteiger partial charge in [-0.3, -0.25) is 0 Å². The second kappa shape index (κ2) is 3.44. The van der Waals surface area contributed by atoms with Crippen molar-refractivity contribution in [3.8, 4) is 0 Å². The number of hydrogen-bond acceptors (Lipinski definition) is 1. The Morgan fingerprint density at radius 1 is 2.00 bits per heavy atom. The number of thiol groups is 1. The summed E-state index contributed by atoms with van der Waals surface area (Å²) in [6.07, 6.45) is 0. The first-order valence-electron chi connectivity index (χ1n) is 1.80. The van der Waals surface area contributed by atoms with E-state index in [0.717, 1.165) is 0 Å². The van der Waals surface area contributed by atoms with E-state index < -0.39 is 18.6 Å². The van der Waals surface area contributed by atoms with Crippen molar-refractivity contribution in [3.05, 3.63) is 6.92 Å². The number of halogens is 1. The Hall–Kier alpha value is 1.44. The maximum atomic E-state index is 5.68. The van der Waals surface area contributed by atoms with Crippen molar-refractivity contribution >= 4 is 40.2 Å². The molecule has 0 saturated heterocycles. The molecule has 37 valence electrons. The van der Waals surface area contributed by atoms with Crippen LogP contribution in [0.15, 0.2) is 0 Å². The third-order valence-corrected chi connectivity index (χ3v) is 9.78. The van der Waals surface area contributed by atoms with Gasteiger partial charge in [0.25, 0.3) is 0 Å². The van der Waals surface area contributed by atoms with Crippen LogP contribution in [-0.4, -0.2) is 21.9 Å². The third kappa shape index (κ3) is 3.62. The Morgan fingerprint density at radius 3 is 2.17 bits per heavy atom. The second-order valence-electron chi connectivity index (χ2n) is 1.24. The molecule has 0 aliphatic rings. The first-order chi connectivity index (χ1) is 2.64. The van der Waals surface area contributed by atoms with Gasteiger partial charge in [0.1, 0.15) is 0 Å². The molecule has 2 unspecified atom stereocenters. The molecule has 2 atom stereocenters. The summed E-state index contributed by atoms with van der Waals surface area (Å²) in [5.74, 6) is 0. The number of hydrogen-bond donors (Lipinski definition) is 1. The molecule has 3 heteroatoms. The van der Waals surface area contributed by atoms with Crippen molar-refractivity contribution in [1.82, 2.24) is 0 Å². The molecule has 0 nitrogen and oxygen atoms in total. The first-order valence-corrected chi connectivity index (χ1v) is 11.7. The van der Waals surface area contributed by atoms with Crippen LogP contribution in [0.1, 0.15) is 0 Å². The summed E-state index contributed by atoms with van der Waals surface area (Å²) in [7, 11) is 5.68. The van der Waals surface area contributed by atoms with Crippen LogP contribution >= 0.6 is 21.5 Å². The molecule has 0 aliphatic carbocycles. The summed E-state index contributed by atoms with van der Waals surface area (Å²) in [6.45, 7) is 3.66. The van der Waals surface area contributed by atoms with Gasteiger partial charge in [0.15, 0.2) is 0 Å². The van der Waals surface area contributed by atoms with E-state index in [9.17, 15) is 0 Å². The molecule has 0 amide bonds. The molecule has 0 heterocycles. The molecule has 0 spiro atoms. The van der Waals surface area contributed by atoms with Gasteiger partial charge in [0, 0.05) is 0 Å². The molecule has 0 aliphatic heterocycles. The van der Waals surface area contributed by atoms with Crippen molar-refractivity contribution in [2.24, 2.45) is 0 Å². The Labute approximate surface area is 55.1 Å². The summed E-state index contributed by atoms with van der Waals surface area (Å²) in [5.41, 5.74) is 0. The normalized spacial score (nSPS) is 20.0. The SMILES string of the molecule is [CH2][CH](S)[SnH]([CH3])[Cl]. The average Bonchev–Trinajstić information content (AvgIpc) is 1.36. The van der Waals surface area contributed by atoms with Crippen molar-refractivity contribution < 1.29 is 0 Å². The topological polar surface area (TPSA) is 0 Å². The van der Waals surface area contributed by atoms with Gasteiger partial charge in [-0.2, -0.15) is 0 Å². The summed E-state index contributed by atoms with van der Waals surface area (Å²) < 4.78 is 0.272. The van der Waals surface area contributed by atoms with Crippen LogP contribution in [-0.2, 0) is 0 Å². The molecular formula is C3H8ClSSn. The van der Waals surface area contributed by atoms with Gasteiger partial charge >= 0.3 is 55.3 Å². The van der Waals surface area contributed by atoms with Crippen LogP contribution in [0.4, 0.5) is 0 Å². The molecule has 0 bridgehead atoms. The van der Waals surface area contributed by atoms with Crippen molar-refractivity contribution in [1.29, 1.82) is 0 Å². The van der Waals surface area contributed by atoms with Crippen LogP contribution in [0.2, 0.25) is 4.94 Å². The van der Waals surface area contributed by atoms with Gasteiger partial charge in [-0.25, -0.2) is 0 Å². The molecule has 0 N–H and O–H groups in total. The van der Waals surface area contributed by atoms with E-state index in [1.54, 1.807) is 0 Å². The fourth-order valence-corrected chi connectivity index (χ4v) is 0. The van der Waals surface area contributed by atoms with Gasteiger partial charge in [0.2, 0.25) is 0 Å². The van der Waals surface area contributed by atoms with Gasteiger partial charge in [-0.1, -0.05) is 0 Å². The predicted octanol–water partition coefficient (Wildman–Crippen LogP) is 1.25. The quantitative estimate of drug-likeness (QED) is 0.509. The molecule has 1 radical (unpaired) electrons. The number of rotatable bonds is 1. The second-order valence-corrected chi connectivity index (χ2v) is 14.3. The van der Waals surface area contributed by atoms with Crippen molar-refractivity contribution in [2.45, 2.75) is 8.21 Å². The van der Waals surface area contributed by atoms with Gasteiger partial charge in [-0.15, -0.1) is 0 Å². The van der Waals surface area contributed by atoms with E-state index in [4.69, 9.17) is 8.92 Å². The zero-order chi connectivity index (χ0) is 5.15. The van der Waals surface area contributed by atoms with E-state index in [2.05, 4.69) is 24.5 Å². The van der Waals surface area contributed by atoms with Gasteiger partial charge < -0.3 is 0 Å². The van der Waals surface area contributed by atoms with Crippen LogP contribution in [0.3, 0.4) is 0 Å². The predicted molar refractivity (Wildman–Crippen MR) is 37.0 cm³/mol. The molecular weight excluding hydrogens is 222 g/mol. The Kier molecular flexibility index (Phi) is 4.27. The van der Waals surface area contributed by atoms with E-state index >= 15 is 0 Å². The van der Waals surface area contributed by atoms with E-state index in [0.29, 0.717) is 0 Å². The monoisotopic (exact) mass is 231 g/mol. The van der Waals surface area contributed by atoms with Gasteiger partial charge in [-0.05, 0) is 0 Å². The maximum absolute atomic E-state index is 5.68. The minimum atomic E-state index is -1.58. The summed E-state index contributed by atoms with van der Waals surface area (Å²) >= 11 is 2.46. The Balaban J connectivity index is 2.99. The van der Waals surface area contributed by atoms with Crippen LogP contribution in [0.5, 0.6) is 0 Å². The minimum absolute atomic E-state index is 0.272. The molecule has 0 fully saturated rings. The standard InChI is InChI=1S/C2H4S.CH3.ClH.Sn.H/c1-2-3;;;;/h2-3H,1H2;1H3;1H;;/q;;;+1;/p-1. The third-order valence-electron chi connectivity index (χ3n) is 0.530. The summed E-state index contributed by atoms with van der Waals surface area (Å²) in [6, 6.07) is 0. The van der Waals surface area contributed by atoms with Gasteiger partial charge in [0.05, 0.1) is 0 Å². The Morgan fingerprint density at radius 2 is 2.17 bits per heavy atom. The van der Waals surface area contributed by atoms with Crippen molar-refractivity contribution in [2.75, 3.05) is 0 Å². The average molecular weight is 230 g/mol. The summed E-state index contributed by atoms with van der Waals surface area (Å²) in [4.78, 5) is 2.08. The molecule has 6 heavy (non-hydrogen) atoms. The molecule has 0 saturated carbocycles.